The first-order valence-corrected chi connectivity index (χ1v) is 11.6. The summed E-state index contributed by atoms with van der Waals surface area (Å²) in [5, 5.41) is 0. The third kappa shape index (κ3) is 4.90. The molecule has 1 unspecified atom stereocenters. The van der Waals surface area contributed by atoms with Crippen molar-refractivity contribution in [3.8, 4) is 22.3 Å². The summed E-state index contributed by atoms with van der Waals surface area (Å²) in [7, 11) is 0. The third-order valence-corrected chi connectivity index (χ3v) is 6.44. The Bertz CT molecular complexity index is 1390. The van der Waals surface area contributed by atoms with Crippen LogP contribution >= 0.6 is 0 Å². The second kappa shape index (κ2) is 9.64. The van der Waals surface area contributed by atoms with E-state index in [0.717, 1.165) is 59.4 Å². The quantitative estimate of drug-likeness (QED) is 0.417. The molecule has 7 heteroatoms. The topological polar surface area (TPSA) is 98.1 Å². The fourth-order valence-electron chi connectivity index (χ4n) is 4.80. The Hall–Kier alpha value is -4.10. The van der Waals surface area contributed by atoms with Gasteiger partial charge in [0.2, 0.25) is 11.9 Å². The molecule has 0 bridgehead atoms. The number of hydrogen-bond donors (Lipinski definition) is 2. The van der Waals surface area contributed by atoms with Crippen molar-refractivity contribution < 1.29 is 9.18 Å². The Balaban J connectivity index is 1.46. The van der Waals surface area contributed by atoms with Gasteiger partial charge in [0.15, 0.2) is 0 Å². The van der Waals surface area contributed by atoms with E-state index in [1.807, 2.05) is 24.3 Å². The van der Waals surface area contributed by atoms with Gasteiger partial charge < -0.3 is 11.5 Å². The molecule has 2 heterocycles. The summed E-state index contributed by atoms with van der Waals surface area (Å²) >= 11 is 0. The van der Waals surface area contributed by atoms with Crippen molar-refractivity contribution in [1.82, 2.24) is 14.9 Å². The molecule has 0 spiro atoms. The molecule has 35 heavy (non-hydrogen) atoms. The molecule has 0 aliphatic carbocycles. The average Bonchev–Trinajstić information content (AvgIpc) is 3.32. The molecule has 0 radical (unpaired) electrons. The van der Waals surface area contributed by atoms with E-state index < -0.39 is 5.91 Å². The van der Waals surface area contributed by atoms with Crippen LogP contribution in [0.1, 0.15) is 40.5 Å². The number of likely N-dealkylation sites (tertiary alicyclic amines) is 1. The van der Waals surface area contributed by atoms with E-state index in [1.165, 1.54) is 6.07 Å². The maximum atomic E-state index is 13.7. The molecule has 1 saturated heterocycles. The second-order valence-electron chi connectivity index (χ2n) is 8.81. The first kappa shape index (κ1) is 22.7. The number of primary amides is 1. The van der Waals surface area contributed by atoms with Crippen molar-refractivity contribution in [3.05, 3.63) is 102 Å². The average molecular weight is 468 g/mol. The van der Waals surface area contributed by atoms with Crippen LogP contribution in [0, 0.1) is 5.82 Å². The van der Waals surface area contributed by atoms with E-state index >= 15 is 0 Å². The minimum Gasteiger partial charge on any atom is -0.368 e. The van der Waals surface area contributed by atoms with Crippen LogP contribution in [-0.2, 0) is 6.54 Å². The van der Waals surface area contributed by atoms with Crippen LogP contribution in [0.15, 0.2) is 79.0 Å². The fraction of sp³-hybridized carbons (Fsp3) is 0.179. The van der Waals surface area contributed by atoms with Crippen LogP contribution in [0.25, 0.3) is 22.3 Å². The van der Waals surface area contributed by atoms with E-state index in [0.29, 0.717) is 5.56 Å². The first-order valence-electron chi connectivity index (χ1n) is 11.6. The number of nitrogen functional groups attached to an aromatic ring is 1. The standard InChI is InChI=1S/C28H26FN5O/c29-23-10-3-7-20(15-23)19-6-1-5-18(13-19)17-34-12-4-11-25(34)26-24(16-32-28(31)33-26)21-8-2-9-22(14-21)27(30)35/h1-3,5-10,13-16,25H,4,11-12,17H2,(H2,30,35)(H2,31,32,33). The van der Waals surface area contributed by atoms with Crippen LogP contribution in [-0.4, -0.2) is 27.3 Å². The number of amides is 1. The van der Waals surface area contributed by atoms with Crippen LogP contribution in [0.4, 0.5) is 10.3 Å². The molecule has 5 rings (SSSR count). The van der Waals surface area contributed by atoms with Gasteiger partial charge in [0.1, 0.15) is 5.82 Å². The highest BCUT2D eigenvalue weighted by atomic mass is 19.1. The number of nitrogens with zero attached hydrogens (tertiary/aromatic N) is 3. The largest absolute Gasteiger partial charge is 0.368 e. The molecule has 1 aliphatic rings. The molecular weight excluding hydrogens is 441 g/mol. The Kier molecular flexibility index (Phi) is 6.25. The van der Waals surface area contributed by atoms with E-state index in [-0.39, 0.29) is 17.8 Å². The summed E-state index contributed by atoms with van der Waals surface area (Å²) in [5.41, 5.74) is 17.4. The monoisotopic (exact) mass is 467 g/mol. The zero-order valence-corrected chi connectivity index (χ0v) is 19.2. The number of aromatic nitrogens is 2. The predicted octanol–water partition coefficient (Wildman–Crippen LogP) is 4.97. The number of hydrogen-bond acceptors (Lipinski definition) is 5. The fourth-order valence-corrected chi connectivity index (χ4v) is 4.80. The summed E-state index contributed by atoms with van der Waals surface area (Å²) in [4.78, 5) is 23.0. The van der Waals surface area contributed by atoms with Gasteiger partial charge in [0.25, 0.3) is 0 Å². The molecule has 3 aromatic carbocycles. The molecule has 1 amide bonds. The molecule has 4 N–H and O–H groups in total. The Labute approximate surface area is 203 Å². The third-order valence-electron chi connectivity index (χ3n) is 6.44. The number of benzene rings is 3. The summed E-state index contributed by atoms with van der Waals surface area (Å²) in [6.07, 6.45) is 3.68. The number of carbonyl (C=O) groups is 1. The van der Waals surface area contributed by atoms with E-state index in [9.17, 15) is 9.18 Å². The van der Waals surface area contributed by atoms with Crippen molar-refractivity contribution in [1.29, 1.82) is 0 Å². The van der Waals surface area contributed by atoms with Crippen LogP contribution in [0.5, 0.6) is 0 Å². The van der Waals surface area contributed by atoms with Crippen LogP contribution in [0.3, 0.4) is 0 Å². The number of halogens is 1. The first-order chi connectivity index (χ1) is 17.0. The Morgan fingerprint density at radius 3 is 2.54 bits per heavy atom. The van der Waals surface area contributed by atoms with E-state index in [1.54, 1.807) is 36.5 Å². The van der Waals surface area contributed by atoms with Gasteiger partial charge in [0.05, 0.1) is 11.7 Å². The molecule has 1 aliphatic heterocycles. The second-order valence-corrected chi connectivity index (χ2v) is 8.81. The molecular formula is C28H26FN5O. The van der Waals surface area contributed by atoms with Gasteiger partial charge in [-0.3, -0.25) is 9.69 Å². The zero-order valence-electron chi connectivity index (χ0n) is 19.2. The summed E-state index contributed by atoms with van der Waals surface area (Å²) < 4.78 is 13.7. The Morgan fingerprint density at radius 2 is 1.74 bits per heavy atom. The molecule has 176 valence electrons. The number of anilines is 1. The van der Waals surface area contributed by atoms with Crippen molar-refractivity contribution in [3.63, 3.8) is 0 Å². The minimum absolute atomic E-state index is 0.0466. The zero-order chi connectivity index (χ0) is 24.4. The van der Waals surface area contributed by atoms with Gasteiger partial charge in [-0.2, -0.15) is 0 Å². The maximum absolute atomic E-state index is 13.7. The lowest BCUT2D eigenvalue weighted by Crippen LogP contribution is -2.24. The highest BCUT2D eigenvalue weighted by molar-refractivity contribution is 5.94. The van der Waals surface area contributed by atoms with Gasteiger partial charge in [0, 0.05) is 23.9 Å². The summed E-state index contributed by atoms with van der Waals surface area (Å²) in [6, 6.07) is 22.1. The van der Waals surface area contributed by atoms with Gasteiger partial charge in [-0.15, -0.1) is 0 Å². The Morgan fingerprint density at radius 1 is 1.00 bits per heavy atom. The highest BCUT2D eigenvalue weighted by Crippen LogP contribution is 2.38. The molecule has 1 aromatic heterocycles. The molecule has 1 fully saturated rings. The summed E-state index contributed by atoms with van der Waals surface area (Å²) in [6.45, 7) is 1.64. The lowest BCUT2D eigenvalue weighted by atomic mass is 9.98. The molecule has 4 aromatic rings. The molecule has 1 atom stereocenters. The van der Waals surface area contributed by atoms with Gasteiger partial charge in [-0.25, -0.2) is 14.4 Å². The smallest absolute Gasteiger partial charge is 0.248 e. The lowest BCUT2D eigenvalue weighted by Gasteiger charge is -2.26. The van der Waals surface area contributed by atoms with E-state index in [4.69, 9.17) is 11.5 Å². The van der Waals surface area contributed by atoms with Crippen LogP contribution in [0.2, 0.25) is 0 Å². The van der Waals surface area contributed by atoms with Crippen molar-refractivity contribution in [2.24, 2.45) is 5.73 Å². The van der Waals surface area contributed by atoms with E-state index in [2.05, 4.69) is 27.0 Å². The lowest BCUT2D eigenvalue weighted by molar-refractivity contribution is 0.100. The number of nitrogens with two attached hydrogens (primary N) is 2. The van der Waals surface area contributed by atoms with Crippen molar-refractivity contribution in [2.75, 3.05) is 12.3 Å². The predicted molar refractivity (Wildman–Crippen MR) is 135 cm³/mol. The minimum atomic E-state index is -0.481. The number of carbonyl (C=O) groups excluding carboxylic acids is 1. The van der Waals surface area contributed by atoms with Crippen molar-refractivity contribution in [2.45, 2.75) is 25.4 Å². The number of rotatable bonds is 6. The SMILES string of the molecule is NC(=O)c1cccc(-c2cnc(N)nc2C2CCCN2Cc2cccc(-c3cccc(F)c3)c2)c1. The van der Waals surface area contributed by atoms with Gasteiger partial charge >= 0.3 is 0 Å². The molecule has 6 nitrogen and oxygen atoms in total. The highest BCUT2D eigenvalue weighted by Gasteiger charge is 2.30. The summed E-state index contributed by atoms with van der Waals surface area (Å²) in [5.74, 6) is -0.512. The maximum Gasteiger partial charge on any atom is 0.248 e. The molecule has 0 saturated carbocycles. The van der Waals surface area contributed by atoms with Crippen molar-refractivity contribution >= 4 is 11.9 Å². The van der Waals surface area contributed by atoms with Gasteiger partial charge in [-0.1, -0.05) is 42.5 Å². The van der Waals surface area contributed by atoms with Crippen LogP contribution < -0.4 is 11.5 Å². The normalized spacial score (nSPS) is 15.9. The van der Waals surface area contributed by atoms with Gasteiger partial charge in [-0.05, 0) is 72.0 Å².